The predicted molar refractivity (Wildman–Crippen MR) is 108 cm³/mol. The number of nitrogens with one attached hydrogen (secondary N) is 1. The number of nitrogens with two attached hydrogens (primary N) is 1. The number of rotatable bonds is 5. The van der Waals surface area contributed by atoms with E-state index in [1.54, 1.807) is 6.92 Å². The van der Waals surface area contributed by atoms with Gasteiger partial charge >= 0.3 is 6.18 Å². The molecule has 0 aromatic carbocycles. The molecule has 0 bridgehead atoms. The van der Waals surface area contributed by atoms with Crippen LogP contribution in [0.3, 0.4) is 0 Å². The van der Waals surface area contributed by atoms with Crippen molar-refractivity contribution in [3.63, 3.8) is 0 Å². The van der Waals surface area contributed by atoms with E-state index in [9.17, 15) is 22.8 Å². The zero-order valence-electron chi connectivity index (χ0n) is 17.9. The van der Waals surface area contributed by atoms with Gasteiger partial charge in [-0.2, -0.15) is 13.2 Å². The minimum absolute atomic E-state index is 0.105. The molecule has 1 fully saturated rings. The second-order valence-corrected chi connectivity index (χ2v) is 7.76. The van der Waals surface area contributed by atoms with Crippen LogP contribution in [0.25, 0.3) is 0 Å². The number of nitrogens with zero attached hydrogens (tertiary/aromatic N) is 2. The highest BCUT2D eigenvalue weighted by Crippen LogP contribution is 2.54. The molecule has 172 valence electrons. The maximum atomic E-state index is 14.0. The molecule has 32 heavy (non-hydrogen) atoms. The van der Waals surface area contributed by atoms with Crippen LogP contribution in [-0.4, -0.2) is 46.8 Å². The van der Waals surface area contributed by atoms with Crippen molar-refractivity contribution in [1.82, 2.24) is 9.97 Å². The molecular formula is C21H23F3N4O4. The van der Waals surface area contributed by atoms with Crippen LogP contribution < -0.4 is 15.8 Å². The van der Waals surface area contributed by atoms with Gasteiger partial charge in [0.1, 0.15) is 17.5 Å². The third-order valence-corrected chi connectivity index (χ3v) is 5.88. The number of aryl methyl sites for hydroxylation is 1. The van der Waals surface area contributed by atoms with Crippen molar-refractivity contribution in [2.24, 2.45) is 11.7 Å². The summed E-state index contributed by atoms with van der Waals surface area (Å²) in [5, 5.41) is 2.51. The summed E-state index contributed by atoms with van der Waals surface area (Å²) in [6.07, 6.45) is -3.54. The Bertz CT molecular complexity index is 1050. The third-order valence-electron chi connectivity index (χ3n) is 5.88. The highest BCUT2D eigenvalue weighted by atomic mass is 19.4. The highest BCUT2D eigenvalue weighted by molar-refractivity contribution is 5.97. The first-order valence-corrected chi connectivity index (χ1v) is 9.71. The van der Waals surface area contributed by atoms with Crippen molar-refractivity contribution < 1.29 is 32.2 Å². The average Bonchev–Trinajstić information content (AvgIpc) is 3.00. The number of anilines is 1. The molecule has 3 heterocycles. The summed E-state index contributed by atoms with van der Waals surface area (Å²) in [5.74, 6) is -3.46. The van der Waals surface area contributed by atoms with E-state index in [2.05, 4.69) is 15.3 Å². The van der Waals surface area contributed by atoms with Crippen LogP contribution in [0.2, 0.25) is 0 Å². The van der Waals surface area contributed by atoms with Crippen molar-refractivity contribution in [2.45, 2.75) is 44.6 Å². The number of primary amides is 1. The smallest absolute Gasteiger partial charge is 0.417 e. The Hall–Kier alpha value is -3.21. The second-order valence-electron chi connectivity index (χ2n) is 7.76. The lowest BCUT2D eigenvalue weighted by Crippen LogP contribution is -2.47. The van der Waals surface area contributed by atoms with Gasteiger partial charge in [0.15, 0.2) is 5.60 Å². The first-order valence-electron chi connectivity index (χ1n) is 9.71. The van der Waals surface area contributed by atoms with Crippen molar-refractivity contribution in [3.8, 4) is 5.75 Å². The van der Waals surface area contributed by atoms with Crippen molar-refractivity contribution in [3.05, 3.63) is 47.5 Å². The summed E-state index contributed by atoms with van der Waals surface area (Å²) in [6, 6.07) is 4.14. The Morgan fingerprint density at radius 1 is 1.25 bits per heavy atom. The molecule has 0 unspecified atom stereocenters. The fraction of sp³-hybridized carbons (Fsp3) is 0.429. The SMILES string of the molecule is COc1c([C@H]2[C@H](C(=O)Nc3ccnc(C(N)=O)c3)O[C@@](C)(C(F)(F)F)[C@H]2C)ccnc1C. The van der Waals surface area contributed by atoms with E-state index < -0.39 is 41.5 Å². The van der Waals surface area contributed by atoms with Gasteiger partial charge in [-0.15, -0.1) is 0 Å². The summed E-state index contributed by atoms with van der Waals surface area (Å²) in [7, 11) is 1.38. The molecule has 8 nitrogen and oxygen atoms in total. The Balaban J connectivity index is 2.05. The largest absolute Gasteiger partial charge is 0.495 e. The fourth-order valence-electron chi connectivity index (χ4n) is 3.98. The maximum absolute atomic E-state index is 14.0. The number of carbonyl (C=O) groups excluding carboxylic acids is 2. The van der Waals surface area contributed by atoms with Crippen molar-refractivity contribution in [2.75, 3.05) is 12.4 Å². The number of carbonyl (C=O) groups is 2. The van der Waals surface area contributed by atoms with E-state index in [4.69, 9.17) is 15.2 Å². The summed E-state index contributed by atoms with van der Waals surface area (Å²) in [5.41, 5.74) is 3.51. The van der Waals surface area contributed by atoms with Gasteiger partial charge in [-0.1, -0.05) is 6.92 Å². The Labute approximate surface area is 182 Å². The molecule has 4 atom stereocenters. The van der Waals surface area contributed by atoms with Gasteiger partial charge < -0.3 is 20.5 Å². The van der Waals surface area contributed by atoms with Gasteiger partial charge in [0, 0.05) is 35.5 Å². The van der Waals surface area contributed by atoms with Gasteiger partial charge in [-0.3, -0.25) is 19.6 Å². The number of ether oxygens (including phenoxy) is 2. The zero-order valence-corrected chi connectivity index (χ0v) is 17.9. The lowest BCUT2D eigenvalue weighted by atomic mass is 9.77. The molecule has 0 spiro atoms. The topological polar surface area (TPSA) is 116 Å². The molecule has 2 aromatic heterocycles. The van der Waals surface area contributed by atoms with Gasteiger partial charge in [0.05, 0.1) is 12.8 Å². The molecule has 0 radical (unpaired) electrons. The molecule has 2 aromatic rings. The van der Waals surface area contributed by atoms with E-state index in [1.807, 2.05) is 0 Å². The summed E-state index contributed by atoms with van der Waals surface area (Å²) < 4.78 is 52.8. The van der Waals surface area contributed by atoms with Crippen molar-refractivity contribution in [1.29, 1.82) is 0 Å². The minimum atomic E-state index is -4.73. The second kappa shape index (κ2) is 8.38. The quantitative estimate of drug-likeness (QED) is 0.721. The van der Waals surface area contributed by atoms with Crippen LogP contribution in [0.5, 0.6) is 5.75 Å². The summed E-state index contributed by atoms with van der Waals surface area (Å²) >= 11 is 0. The van der Waals surface area contributed by atoms with E-state index in [1.165, 1.54) is 44.6 Å². The van der Waals surface area contributed by atoms with Crippen LogP contribution in [0, 0.1) is 12.8 Å². The average molecular weight is 452 g/mol. The molecule has 3 N–H and O–H groups in total. The molecule has 0 aliphatic carbocycles. The van der Waals surface area contributed by atoms with E-state index >= 15 is 0 Å². The molecular weight excluding hydrogens is 429 g/mol. The molecule has 1 aliphatic rings. The molecule has 3 rings (SSSR count). The Morgan fingerprint density at radius 3 is 2.50 bits per heavy atom. The molecule has 1 saturated heterocycles. The Morgan fingerprint density at radius 2 is 1.91 bits per heavy atom. The van der Waals surface area contributed by atoms with Gasteiger partial charge in [-0.25, -0.2) is 0 Å². The van der Waals surface area contributed by atoms with E-state index in [0.29, 0.717) is 11.3 Å². The molecule has 0 saturated carbocycles. The van der Waals surface area contributed by atoms with Crippen LogP contribution in [0.4, 0.5) is 18.9 Å². The van der Waals surface area contributed by atoms with Crippen LogP contribution in [0.15, 0.2) is 30.6 Å². The predicted octanol–water partition coefficient (Wildman–Crippen LogP) is 2.97. The normalized spacial score (nSPS) is 25.4. The lowest BCUT2D eigenvalue weighted by Gasteiger charge is -2.32. The van der Waals surface area contributed by atoms with Gasteiger partial charge in [-0.05, 0) is 32.0 Å². The number of hydrogen-bond acceptors (Lipinski definition) is 6. The summed E-state index contributed by atoms with van der Waals surface area (Å²) in [4.78, 5) is 32.4. The van der Waals surface area contributed by atoms with Gasteiger partial charge in [0.2, 0.25) is 0 Å². The fourth-order valence-corrected chi connectivity index (χ4v) is 3.98. The monoisotopic (exact) mass is 452 g/mol. The van der Waals surface area contributed by atoms with Crippen LogP contribution in [-0.2, 0) is 9.53 Å². The standard InChI is InChI=1S/C21H23F3N4O4/c1-10-15(13-6-8-26-11(2)16(13)31-4)17(32-20(10,3)21(22,23)24)19(30)28-12-5-7-27-14(9-12)18(25)29/h5-10,15,17H,1-4H3,(H2,25,29)(H,27,28,30)/t10-,15-,17+,20+/m0/s1. The van der Waals surface area contributed by atoms with Crippen LogP contribution >= 0.6 is 0 Å². The lowest BCUT2D eigenvalue weighted by molar-refractivity contribution is -0.272. The number of amides is 2. The highest BCUT2D eigenvalue weighted by Gasteiger charge is 2.65. The number of pyridine rings is 2. The number of hydrogen-bond donors (Lipinski definition) is 2. The number of aromatic nitrogens is 2. The number of methoxy groups -OCH3 is 1. The first kappa shape index (κ1) is 23.5. The first-order chi connectivity index (χ1) is 14.9. The van der Waals surface area contributed by atoms with Gasteiger partial charge in [0.25, 0.3) is 11.8 Å². The number of alkyl halides is 3. The zero-order chi connectivity index (χ0) is 23.8. The molecule has 2 amide bonds. The third kappa shape index (κ3) is 3.99. The van der Waals surface area contributed by atoms with Crippen LogP contribution in [0.1, 0.15) is 41.5 Å². The molecule has 11 heteroatoms. The Kier molecular flexibility index (Phi) is 6.14. The van der Waals surface area contributed by atoms with Crippen molar-refractivity contribution >= 4 is 17.5 Å². The number of halogens is 3. The molecule has 1 aliphatic heterocycles. The van der Waals surface area contributed by atoms with E-state index in [0.717, 1.165) is 6.92 Å². The van der Waals surface area contributed by atoms with E-state index in [-0.39, 0.29) is 17.1 Å². The maximum Gasteiger partial charge on any atom is 0.417 e. The summed E-state index contributed by atoms with van der Waals surface area (Å²) in [6.45, 7) is 3.97. The minimum Gasteiger partial charge on any atom is -0.495 e.